The molecule has 0 amide bonds. The first kappa shape index (κ1) is 12.6. The molecule has 0 aliphatic heterocycles. The van der Waals surface area contributed by atoms with Crippen molar-refractivity contribution < 1.29 is 0 Å². The Kier molecular flexibility index (Phi) is 4.99. The minimum Gasteiger partial charge on any atom is -0.310 e. The Hall–Kier alpha value is -0.890. The van der Waals surface area contributed by atoms with E-state index in [9.17, 15) is 0 Å². The average molecular weight is 232 g/mol. The zero-order valence-electron chi connectivity index (χ0n) is 10.9. The second-order valence-corrected chi connectivity index (χ2v) is 5.24. The number of nitrogens with one attached hydrogen (secondary N) is 1. The normalized spacial score (nSPS) is 24.8. The molecule has 94 valence electrons. The van der Waals surface area contributed by atoms with Gasteiger partial charge in [0.05, 0.1) is 0 Å². The molecule has 1 aromatic heterocycles. The fraction of sp³-hybridized carbons (Fsp3) is 0.667. The van der Waals surface area contributed by atoms with Crippen molar-refractivity contribution in [3.8, 4) is 0 Å². The summed E-state index contributed by atoms with van der Waals surface area (Å²) >= 11 is 0. The summed E-state index contributed by atoms with van der Waals surface area (Å²) in [6.07, 6.45) is 12.1. The topological polar surface area (TPSA) is 24.9 Å². The molecule has 17 heavy (non-hydrogen) atoms. The monoisotopic (exact) mass is 232 g/mol. The summed E-state index contributed by atoms with van der Waals surface area (Å²) in [6.45, 7) is 3.29. The van der Waals surface area contributed by atoms with Crippen molar-refractivity contribution in [3.05, 3.63) is 30.1 Å². The van der Waals surface area contributed by atoms with Gasteiger partial charge in [0, 0.05) is 25.0 Å². The zero-order valence-corrected chi connectivity index (χ0v) is 10.9. The van der Waals surface area contributed by atoms with Crippen LogP contribution in [0.2, 0.25) is 0 Å². The molecule has 0 atom stereocenters. The van der Waals surface area contributed by atoms with Gasteiger partial charge in [0.2, 0.25) is 0 Å². The van der Waals surface area contributed by atoms with E-state index in [1.165, 1.54) is 44.1 Å². The lowest BCUT2D eigenvalue weighted by Gasteiger charge is -2.29. The summed E-state index contributed by atoms with van der Waals surface area (Å²) in [6, 6.07) is 4.92. The third kappa shape index (κ3) is 4.12. The quantitative estimate of drug-likeness (QED) is 0.840. The zero-order chi connectivity index (χ0) is 11.9. The van der Waals surface area contributed by atoms with Crippen molar-refractivity contribution >= 4 is 0 Å². The predicted octanol–water partition coefficient (Wildman–Crippen LogP) is 3.53. The highest BCUT2D eigenvalue weighted by Crippen LogP contribution is 2.27. The minimum atomic E-state index is 0.733. The first-order valence-electron chi connectivity index (χ1n) is 7.00. The van der Waals surface area contributed by atoms with Gasteiger partial charge in [-0.25, -0.2) is 0 Å². The van der Waals surface area contributed by atoms with E-state index in [0.29, 0.717) is 0 Å². The van der Waals surface area contributed by atoms with E-state index in [1.807, 2.05) is 12.4 Å². The molecule has 2 rings (SSSR count). The van der Waals surface area contributed by atoms with Crippen LogP contribution in [0.5, 0.6) is 0 Å². The van der Waals surface area contributed by atoms with Crippen molar-refractivity contribution in [2.45, 2.75) is 58.0 Å². The van der Waals surface area contributed by atoms with Crippen LogP contribution in [-0.4, -0.2) is 11.0 Å². The van der Waals surface area contributed by atoms with Gasteiger partial charge < -0.3 is 5.32 Å². The van der Waals surface area contributed by atoms with Gasteiger partial charge >= 0.3 is 0 Å². The molecule has 0 unspecified atom stereocenters. The molecule has 0 radical (unpaired) electrons. The molecule has 0 saturated heterocycles. The van der Waals surface area contributed by atoms with Crippen LogP contribution in [0.4, 0.5) is 0 Å². The Balaban J connectivity index is 1.68. The molecular weight excluding hydrogens is 208 g/mol. The van der Waals surface area contributed by atoms with Crippen LogP contribution in [-0.2, 0) is 6.54 Å². The number of hydrogen-bond acceptors (Lipinski definition) is 2. The molecular formula is C15H24N2. The van der Waals surface area contributed by atoms with Gasteiger partial charge in [-0.2, -0.15) is 0 Å². The van der Waals surface area contributed by atoms with E-state index in [2.05, 4.69) is 29.4 Å². The number of aromatic nitrogens is 1. The maximum absolute atomic E-state index is 4.04. The van der Waals surface area contributed by atoms with Crippen molar-refractivity contribution in [1.82, 2.24) is 10.3 Å². The minimum absolute atomic E-state index is 0.733. The van der Waals surface area contributed by atoms with E-state index in [0.717, 1.165) is 18.5 Å². The second-order valence-electron chi connectivity index (χ2n) is 5.24. The molecule has 1 aliphatic rings. The van der Waals surface area contributed by atoms with E-state index in [4.69, 9.17) is 0 Å². The number of nitrogens with zero attached hydrogens (tertiary/aromatic N) is 1. The third-order valence-corrected chi connectivity index (χ3v) is 3.89. The van der Waals surface area contributed by atoms with E-state index in [-0.39, 0.29) is 0 Å². The molecule has 1 heterocycles. The highest BCUT2D eigenvalue weighted by atomic mass is 14.9. The van der Waals surface area contributed by atoms with Gasteiger partial charge in [0.1, 0.15) is 0 Å². The Bertz CT molecular complexity index is 302. The SMILES string of the molecule is CCCC1CCC(NCc2ccncc2)CC1. The van der Waals surface area contributed by atoms with Gasteiger partial charge in [-0.1, -0.05) is 19.8 Å². The summed E-state index contributed by atoms with van der Waals surface area (Å²) < 4.78 is 0. The van der Waals surface area contributed by atoms with Crippen LogP contribution in [0.3, 0.4) is 0 Å². The summed E-state index contributed by atoms with van der Waals surface area (Å²) in [4.78, 5) is 4.04. The Morgan fingerprint density at radius 2 is 1.88 bits per heavy atom. The lowest BCUT2D eigenvalue weighted by molar-refractivity contribution is 0.277. The highest BCUT2D eigenvalue weighted by molar-refractivity contribution is 5.09. The lowest BCUT2D eigenvalue weighted by Crippen LogP contribution is -2.32. The molecule has 1 saturated carbocycles. The van der Waals surface area contributed by atoms with Crippen molar-refractivity contribution in [1.29, 1.82) is 0 Å². The molecule has 0 bridgehead atoms. The van der Waals surface area contributed by atoms with Crippen LogP contribution in [0.1, 0.15) is 51.0 Å². The first-order valence-corrected chi connectivity index (χ1v) is 7.00. The maximum atomic E-state index is 4.04. The smallest absolute Gasteiger partial charge is 0.0271 e. The third-order valence-electron chi connectivity index (χ3n) is 3.89. The average Bonchev–Trinajstić information content (AvgIpc) is 2.40. The first-order chi connectivity index (χ1) is 8.38. The molecule has 2 heteroatoms. The Morgan fingerprint density at radius 1 is 1.18 bits per heavy atom. The summed E-state index contributed by atoms with van der Waals surface area (Å²) in [5.74, 6) is 0.999. The summed E-state index contributed by atoms with van der Waals surface area (Å²) in [5.41, 5.74) is 1.34. The summed E-state index contributed by atoms with van der Waals surface area (Å²) in [5, 5.41) is 3.67. The van der Waals surface area contributed by atoms with Gasteiger partial charge in [-0.05, 0) is 49.3 Å². The lowest BCUT2D eigenvalue weighted by atomic mass is 9.83. The Labute approximate surface area is 105 Å². The van der Waals surface area contributed by atoms with E-state index >= 15 is 0 Å². The second kappa shape index (κ2) is 6.75. The fourth-order valence-corrected chi connectivity index (χ4v) is 2.83. The van der Waals surface area contributed by atoms with Crippen LogP contribution in [0.25, 0.3) is 0 Å². The van der Waals surface area contributed by atoms with Gasteiger partial charge in [0.15, 0.2) is 0 Å². The predicted molar refractivity (Wildman–Crippen MR) is 71.7 cm³/mol. The number of rotatable bonds is 5. The molecule has 1 N–H and O–H groups in total. The fourth-order valence-electron chi connectivity index (χ4n) is 2.83. The molecule has 0 spiro atoms. The molecule has 1 aromatic rings. The van der Waals surface area contributed by atoms with Crippen LogP contribution in [0.15, 0.2) is 24.5 Å². The highest BCUT2D eigenvalue weighted by Gasteiger charge is 2.19. The van der Waals surface area contributed by atoms with Crippen LogP contribution < -0.4 is 5.32 Å². The van der Waals surface area contributed by atoms with Gasteiger partial charge in [0.25, 0.3) is 0 Å². The van der Waals surface area contributed by atoms with E-state index < -0.39 is 0 Å². The molecule has 0 aromatic carbocycles. The summed E-state index contributed by atoms with van der Waals surface area (Å²) in [7, 11) is 0. The van der Waals surface area contributed by atoms with Crippen LogP contribution >= 0.6 is 0 Å². The van der Waals surface area contributed by atoms with Gasteiger partial charge in [-0.15, -0.1) is 0 Å². The van der Waals surface area contributed by atoms with E-state index in [1.54, 1.807) is 0 Å². The molecule has 2 nitrogen and oxygen atoms in total. The van der Waals surface area contributed by atoms with Crippen molar-refractivity contribution in [2.24, 2.45) is 5.92 Å². The molecule has 1 aliphatic carbocycles. The van der Waals surface area contributed by atoms with Crippen molar-refractivity contribution in [2.75, 3.05) is 0 Å². The largest absolute Gasteiger partial charge is 0.310 e. The standard InChI is InChI=1S/C15H24N2/c1-2-3-13-4-6-15(7-5-13)17-12-14-8-10-16-11-9-14/h8-11,13,15,17H,2-7,12H2,1H3. The number of pyridine rings is 1. The van der Waals surface area contributed by atoms with Crippen LogP contribution in [0, 0.1) is 5.92 Å². The molecule has 1 fully saturated rings. The van der Waals surface area contributed by atoms with Gasteiger partial charge in [-0.3, -0.25) is 4.98 Å². The maximum Gasteiger partial charge on any atom is 0.0271 e. The van der Waals surface area contributed by atoms with Crippen molar-refractivity contribution in [3.63, 3.8) is 0 Å². The Morgan fingerprint density at radius 3 is 2.53 bits per heavy atom. The number of hydrogen-bond donors (Lipinski definition) is 1.